The van der Waals surface area contributed by atoms with E-state index in [4.69, 9.17) is 4.74 Å². The molecule has 0 atom stereocenters. The molecule has 1 aliphatic heterocycles. The Morgan fingerprint density at radius 1 is 1.08 bits per heavy atom. The molecule has 4 nitrogen and oxygen atoms in total. The summed E-state index contributed by atoms with van der Waals surface area (Å²) < 4.78 is 44.9. The van der Waals surface area contributed by atoms with E-state index in [-0.39, 0.29) is 17.0 Å². The zero-order valence-electron chi connectivity index (χ0n) is 13.5. The van der Waals surface area contributed by atoms with E-state index in [9.17, 15) is 12.8 Å². The first-order valence-electron chi connectivity index (χ1n) is 7.72. The number of benzene rings is 2. The lowest BCUT2D eigenvalue weighted by atomic mass is 9.76. The number of halogens is 1. The molecule has 128 valence electrons. The lowest BCUT2D eigenvalue weighted by molar-refractivity contribution is 0.0492. The molecule has 2 aromatic carbocycles. The van der Waals surface area contributed by atoms with Crippen molar-refractivity contribution in [3.63, 3.8) is 0 Å². The van der Waals surface area contributed by atoms with Crippen LogP contribution in [-0.4, -0.2) is 39.5 Å². The fraction of sp³-hybridized carbons (Fsp3) is 0.333. The molecule has 0 bridgehead atoms. The monoisotopic (exact) mass is 349 g/mol. The third kappa shape index (κ3) is 3.36. The van der Waals surface area contributed by atoms with Gasteiger partial charge >= 0.3 is 0 Å². The van der Waals surface area contributed by atoms with Crippen molar-refractivity contribution in [2.75, 3.05) is 26.8 Å². The largest absolute Gasteiger partial charge is 0.384 e. The molecule has 0 spiro atoms. The maximum absolute atomic E-state index is 13.0. The fourth-order valence-electron chi connectivity index (χ4n) is 3.13. The average molecular weight is 349 g/mol. The van der Waals surface area contributed by atoms with Gasteiger partial charge in [-0.1, -0.05) is 42.5 Å². The van der Waals surface area contributed by atoms with Gasteiger partial charge in [0.15, 0.2) is 0 Å². The van der Waals surface area contributed by atoms with Gasteiger partial charge in [0.1, 0.15) is 5.82 Å². The smallest absolute Gasteiger partial charge is 0.218 e. The molecule has 0 aromatic heterocycles. The van der Waals surface area contributed by atoms with Gasteiger partial charge in [-0.05, 0) is 23.3 Å². The van der Waals surface area contributed by atoms with Crippen LogP contribution in [0.25, 0.3) is 0 Å². The maximum Gasteiger partial charge on any atom is 0.218 e. The van der Waals surface area contributed by atoms with E-state index in [0.717, 1.165) is 5.56 Å². The molecule has 1 aliphatic rings. The average Bonchev–Trinajstić information content (AvgIpc) is 2.53. The second kappa shape index (κ2) is 6.63. The zero-order valence-corrected chi connectivity index (χ0v) is 14.3. The highest BCUT2D eigenvalue weighted by Crippen LogP contribution is 2.37. The summed E-state index contributed by atoms with van der Waals surface area (Å²) in [6, 6.07) is 15.4. The van der Waals surface area contributed by atoms with E-state index in [2.05, 4.69) is 0 Å². The first-order valence-corrected chi connectivity index (χ1v) is 9.33. The minimum absolute atomic E-state index is 0.120. The molecule has 3 rings (SSSR count). The second-order valence-corrected chi connectivity index (χ2v) is 8.20. The number of nitrogens with zero attached hydrogens (tertiary/aromatic N) is 1. The van der Waals surface area contributed by atoms with E-state index >= 15 is 0 Å². The fourth-order valence-corrected chi connectivity index (χ4v) is 4.82. The maximum atomic E-state index is 13.0. The Morgan fingerprint density at radius 3 is 2.29 bits per heavy atom. The molecule has 1 saturated heterocycles. The molecular formula is C18H20FNO3S. The SMILES string of the molecule is COCC1(c2ccccc2)CN(S(=O)(=O)Cc2ccc(F)cc2)C1. The van der Waals surface area contributed by atoms with Crippen LogP contribution < -0.4 is 0 Å². The summed E-state index contributed by atoms with van der Waals surface area (Å²) in [4.78, 5) is 0. The van der Waals surface area contributed by atoms with Crippen LogP contribution in [0.1, 0.15) is 11.1 Å². The van der Waals surface area contributed by atoms with E-state index < -0.39 is 10.0 Å². The number of ether oxygens (including phenoxy) is 1. The quantitative estimate of drug-likeness (QED) is 0.805. The van der Waals surface area contributed by atoms with E-state index in [1.165, 1.54) is 28.6 Å². The van der Waals surface area contributed by atoms with Crippen LogP contribution in [0.15, 0.2) is 54.6 Å². The summed E-state index contributed by atoms with van der Waals surface area (Å²) in [6.45, 7) is 1.27. The molecule has 0 saturated carbocycles. The Morgan fingerprint density at radius 2 is 1.71 bits per heavy atom. The van der Waals surface area contributed by atoms with Crippen molar-refractivity contribution in [3.8, 4) is 0 Å². The van der Waals surface area contributed by atoms with Crippen molar-refractivity contribution < 1.29 is 17.5 Å². The molecule has 6 heteroatoms. The third-order valence-electron chi connectivity index (χ3n) is 4.42. The van der Waals surface area contributed by atoms with E-state index in [1.54, 1.807) is 7.11 Å². The van der Waals surface area contributed by atoms with Gasteiger partial charge in [-0.25, -0.2) is 12.8 Å². The summed E-state index contributed by atoms with van der Waals surface area (Å²) in [6.07, 6.45) is 0. The summed E-state index contributed by atoms with van der Waals surface area (Å²) in [5.74, 6) is -0.492. The van der Waals surface area contributed by atoms with Crippen molar-refractivity contribution in [1.82, 2.24) is 4.31 Å². The first kappa shape index (κ1) is 17.1. The topological polar surface area (TPSA) is 46.6 Å². The van der Waals surface area contributed by atoms with Crippen molar-refractivity contribution in [2.45, 2.75) is 11.2 Å². The van der Waals surface area contributed by atoms with E-state index in [1.807, 2.05) is 30.3 Å². The van der Waals surface area contributed by atoms with Gasteiger partial charge < -0.3 is 4.74 Å². The van der Waals surface area contributed by atoms with Crippen LogP contribution >= 0.6 is 0 Å². The van der Waals surface area contributed by atoms with E-state index in [0.29, 0.717) is 25.3 Å². The second-order valence-electron chi connectivity index (χ2n) is 6.23. The van der Waals surface area contributed by atoms with Crippen LogP contribution in [0, 0.1) is 5.82 Å². The van der Waals surface area contributed by atoms with Crippen LogP contribution in [0.4, 0.5) is 4.39 Å². The Balaban J connectivity index is 1.74. The number of hydrogen-bond acceptors (Lipinski definition) is 3. The summed E-state index contributed by atoms with van der Waals surface area (Å²) in [5.41, 5.74) is 1.37. The third-order valence-corrected chi connectivity index (χ3v) is 6.16. The highest BCUT2D eigenvalue weighted by atomic mass is 32.2. The standard InChI is InChI=1S/C18H20FNO3S/c1-23-14-18(16-5-3-2-4-6-16)12-20(13-18)24(21,22)11-15-7-9-17(19)10-8-15/h2-10H,11-14H2,1H3. The number of rotatable bonds is 6. The van der Waals surface area contributed by atoms with Crippen molar-refractivity contribution in [3.05, 3.63) is 71.5 Å². The van der Waals surface area contributed by atoms with Crippen LogP contribution in [0.2, 0.25) is 0 Å². The predicted molar refractivity (Wildman–Crippen MR) is 90.6 cm³/mol. The van der Waals surface area contributed by atoms with Gasteiger partial charge in [0.2, 0.25) is 10.0 Å². The van der Waals surface area contributed by atoms with Gasteiger partial charge in [0, 0.05) is 25.6 Å². The summed E-state index contributed by atoms with van der Waals surface area (Å²) in [7, 11) is -1.81. The summed E-state index contributed by atoms with van der Waals surface area (Å²) >= 11 is 0. The van der Waals surface area contributed by atoms with Gasteiger partial charge in [-0.3, -0.25) is 0 Å². The van der Waals surface area contributed by atoms with Crippen molar-refractivity contribution >= 4 is 10.0 Å². The van der Waals surface area contributed by atoms with Crippen molar-refractivity contribution in [2.24, 2.45) is 0 Å². The van der Waals surface area contributed by atoms with Gasteiger partial charge in [0.05, 0.1) is 12.4 Å². The highest BCUT2D eigenvalue weighted by Gasteiger charge is 2.49. The number of hydrogen-bond donors (Lipinski definition) is 0. The molecular weight excluding hydrogens is 329 g/mol. The number of methoxy groups -OCH3 is 1. The zero-order chi connectivity index (χ0) is 17.2. The van der Waals surface area contributed by atoms with Crippen LogP contribution in [0.5, 0.6) is 0 Å². The first-order chi connectivity index (χ1) is 11.5. The lowest BCUT2D eigenvalue weighted by Crippen LogP contribution is -2.63. The molecule has 1 fully saturated rings. The summed E-state index contributed by atoms with van der Waals surface area (Å²) in [5, 5.41) is 0. The molecule has 0 aliphatic carbocycles. The molecule has 1 heterocycles. The molecule has 2 aromatic rings. The number of sulfonamides is 1. The molecule has 24 heavy (non-hydrogen) atoms. The van der Waals surface area contributed by atoms with Gasteiger partial charge in [0.25, 0.3) is 0 Å². The van der Waals surface area contributed by atoms with Crippen LogP contribution in [0.3, 0.4) is 0 Å². The Labute approximate surface area is 141 Å². The Kier molecular flexibility index (Phi) is 4.71. The van der Waals surface area contributed by atoms with Gasteiger partial charge in [-0.15, -0.1) is 0 Å². The van der Waals surface area contributed by atoms with Crippen LogP contribution in [-0.2, 0) is 25.9 Å². The predicted octanol–water partition coefficient (Wildman–Crippen LogP) is 2.56. The molecule has 0 radical (unpaired) electrons. The minimum Gasteiger partial charge on any atom is -0.384 e. The molecule has 0 N–H and O–H groups in total. The van der Waals surface area contributed by atoms with Gasteiger partial charge in [-0.2, -0.15) is 4.31 Å². The normalized spacial score (nSPS) is 17.4. The minimum atomic E-state index is -3.43. The van der Waals surface area contributed by atoms with Crippen molar-refractivity contribution in [1.29, 1.82) is 0 Å². The Hall–Kier alpha value is -1.76. The highest BCUT2D eigenvalue weighted by molar-refractivity contribution is 7.88. The lowest BCUT2D eigenvalue weighted by Gasteiger charge is -2.49. The molecule has 0 unspecified atom stereocenters. The molecule has 0 amide bonds. The Bertz CT molecular complexity index is 785.